The number of morpholine rings is 1. The van der Waals surface area contributed by atoms with E-state index in [-0.39, 0.29) is 5.54 Å². The molecule has 1 atom stereocenters. The molecule has 4 heteroatoms. The summed E-state index contributed by atoms with van der Waals surface area (Å²) in [5.41, 5.74) is 6.65. The van der Waals surface area contributed by atoms with Gasteiger partial charge in [-0.3, -0.25) is 4.90 Å². The minimum atomic E-state index is 0.180. The Bertz CT molecular complexity index is 241. The monoisotopic (exact) mass is 244 g/mol. The predicted molar refractivity (Wildman–Crippen MR) is 69.9 cm³/mol. The van der Waals surface area contributed by atoms with E-state index >= 15 is 0 Å². The van der Waals surface area contributed by atoms with Gasteiger partial charge in [-0.25, -0.2) is 0 Å². The van der Waals surface area contributed by atoms with E-state index in [1.165, 1.54) is 17.9 Å². The molecular weight excluding hydrogens is 220 g/mol. The van der Waals surface area contributed by atoms with E-state index in [0.717, 1.165) is 32.8 Å². The summed E-state index contributed by atoms with van der Waals surface area (Å²) >= 11 is 2.06. The van der Waals surface area contributed by atoms with Gasteiger partial charge in [0.15, 0.2) is 0 Å². The minimum Gasteiger partial charge on any atom is -0.379 e. The summed E-state index contributed by atoms with van der Waals surface area (Å²) in [4.78, 5) is 2.59. The first kappa shape index (κ1) is 12.7. The van der Waals surface area contributed by atoms with Gasteiger partial charge in [0.25, 0.3) is 0 Å². The van der Waals surface area contributed by atoms with Crippen LogP contribution in [-0.4, -0.2) is 54.8 Å². The van der Waals surface area contributed by atoms with Crippen LogP contribution in [-0.2, 0) is 4.74 Å². The van der Waals surface area contributed by atoms with Crippen LogP contribution in [0.25, 0.3) is 0 Å². The molecule has 2 heterocycles. The van der Waals surface area contributed by atoms with E-state index in [9.17, 15) is 0 Å². The lowest BCUT2D eigenvalue weighted by Crippen LogP contribution is -2.67. The molecule has 0 saturated carbocycles. The Balaban J connectivity index is 2.21. The summed E-state index contributed by atoms with van der Waals surface area (Å²) in [5.74, 6) is 2.45. The Morgan fingerprint density at radius 3 is 2.56 bits per heavy atom. The van der Waals surface area contributed by atoms with Crippen LogP contribution < -0.4 is 5.73 Å². The maximum Gasteiger partial charge on any atom is 0.0594 e. The van der Waals surface area contributed by atoms with Gasteiger partial charge < -0.3 is 10.5 Å². The highest BCUT2D eigenvalue weighted by atomic mass is 32.2. The van der Waals surface area contributed by atoms with E-state index in [1.807, 2.05) is 0 Å². The van der Waals surface area contributed by atoms with Gasteiger partial charge in [0, 0.05) is 30.9 Å². The fraction of sp³-hybridized carbons (Fsp3) is 1.00. The van der Waals surface area contributed by atoms with Crippen molar-refractivity contribution in [2.75, 3.05) is 44.4 Å². The second-order valence-electron chi connectivity index (χ2n) is 5.52. The number of ether oxygens (including phenoxy) is 1. The number of nitrogens with zero attached hydrogens (tertiary/aromatic N) is 1. The van der Waals surface area contributed by atoms with Crippen LogP contribution in [0.5, 0.6) is 0 Å². The van der Waals surface area contributed by atoms with Crippen LogP contribution in [0.15, 0.2) is 0 Å². The molecule has 0 aromatic heterocycles. The standard InChI is InChI=1S/C12H24N2OS/c1-11(2)3-8-16-10-12(11,9-13)14-4-6-15-7-5-14/h3-10,13H2,1-2H3. The van der Waals surface area contributed by atoms with E-state index in [4.69, 9.17) is 10.5 Å². The van der Waals surface area contributed by atoms with Gasteiger partial charge in [0.05, 0.1) is 13.2 Å². The molecule has 0 spiro atoms. The second kappa shape index (κ2) is 4.84. The van der Waals surface area contributed by atoms with Crippen molar-refractivity contribution in [3.8, 4) is 0 Å². The second-order valence-corrected chi connectivity index (χ2v) is 6.63. The predicted octanol–water partition coefficient (Wildman–Crippen LogP) is 1.18. The van der Waals surface area contributed by atoms with Crippen molar-refractivity contribution >= 4 is 11.8 Å². The number of hydrogen-bond acceptors (Lipinski definition) is 4. The van der Waals surface area contributed by atoms with E-state index in [2.05, 4.69) is 30.5 Å². The molecule has 0 bridgehead atoms. The molecule has 0 amide bonds. The molecule has 2 aliphatic rings. The Morgan fingerprint density at radius 2 is 2.00 bits per heavy atom. The van der Waals surface area contributed by atoms with Crippen molar-refractivity contribution in [1.82, 2.24) is 4.90 Å². The molecule has 16 heavy (non-hydrogen) atoms. The van der Waals surface area contributed by atoms with Crippen molar-refractivity contribution < 1.29 is 4.74 Å². The summed E-state index contributed by atoms with van der Waals surface area (Å²) < 4.78 is 5.46. The quantitative estimate of drug-likeness (QED) is 0.791. The molecule has 3 nitrogen and oxygen atoms in total. The highest BCUT2D eigenvalue weighted by Gasteiger charge is 2.50. The molecule has 94 valence electrons. The highest BCUT2D eigenvalue weighted by molar-refractivity contribution is 7.99. The summed E-state index contributed by atoms with van der Waals surface area (Å²) in [5, 5.41) is 0. The van der Waals surface area contributed by atoms with Crippen molar-refractivity contribution in [2.45, 2.75) is 25.8 Å². The lowest BCUT2D eigenvalue weighted by Gasteiger charge is -2.56. The van der Waals surface area contributed by atoms with Gasteiger partial charge in [-0.2, -0.15) is 11.8 Å². The Hall–Kier alpha value is 0.230. The molecule has 2 fully saturated rings. The molecule has 2 aliphatic heterocycles. The van der Waals surface area contributed by atoms with Crippen LogP contribution in [0.4, 0.5) is 0 Å². The van der Waals surface area contributed by atoms with Crippen molar-refractivity contribution in [3.63, 3.8) is 0 Å². The molecule has 1 unspecified atom stereocenters. The Labute approximate surface area is 103 Å². The number of thioether (sulfide) groups is 1. The first-order valence-corrected chi connectivity index (χ1v) is 7.38. The van der Waals surface area contributed by atoms with E-state index < -0.39 is 0 Å². The van der Waals surface area contributed by atoms with Crippen LogP contribution in [0.1, 0.15) is 20.3 Å². The normalized spacial score (nSPS) is 36.2. The third-order valence-corrected chi connectivity index (χ3v) is 5.60. The fourth-order valence-corrected chi connectivity index (χ4v) is 4.80. The molecule has 2 N–H and O–H groups in total. The Morgan fingerprint density at radius 1 is 1.31 bits per heavy atom. The highest BCUT2D eigenvalue weighted by Crippen LogP contribution is 2.45. The molecule has 0 aliphatic carbocycles. The zero-order valence-electron chi connectivity index (χ0n) is 10.5. The maximum atomic E-state index is 6.15. The third-order valence-electron chi connectivity index (χ3n) is 4.43. The summed E-state index contributed by atoms with van der Waals surface area (Å²) in [6.45, 7) is 9.35. The summed E-state index contributed by atoms with van der Waals surface area (Å²) in [7, 11) is 0. The lowest BCUT2D eigenvalue weighted by molar-refractivity contribution is -0.0608. The van der Waals surface area contributed by atoms with Gasteiger partial charge >= 0.3 is 0 Å². The SMILES string of the molecule is CC1(C)CCSCC1(CN)N1CCOCC1. The van der Waals surface area contributed by atoms with Crippen molar-refractivity contribution in [3.05, 3.63) is 0 Å². The lowest BCUT2D eigenvalue weighted by atomic mass is 9.69. The molecule has 0 aromatic carbocycles. The molecule has 0 radical (unpaired) electrons. The van der Waals surface area contributed by atoms with Gasteiger partial charge in [0.1, 0.15) is 0 Å². The van der Waals surface area contributed by atoms with E-state index in [1.54, 1.807) is 0 Å². The topological polar surface area (TPSA) is 38.5 Å². The number of hydrogen-bond donors (Lipinski definition) is 1. The number of rotatable bonds is 2. The smallest absolute Gasteiger partial charge is 0.0594 e. The summed E-state index contributed by atoms with van der Waals surface area (Å²) in [6.07, 6.45) is 1.27. The van der Waals surface area contributed by atoms with Crippen molar-refractivity contribution in [2.24, 2.45) is 11.1 Å². The molecule has 2 saturated heterocycles. The van der Waals surface area contributed by atoms with Crippen LogP contribution in [0.2, 0.25) is 0 Å². The van der Waals surface area contributed by atoms with Crippen LogP contribution in [0.3, 0.4) is 0 Å². The largest absolute Gasteiger partial charge is 0.379 e. The zero-order chi connectivity index (χ0) is 11.6. The summed E-state index contributed by atoms with van der Waals surface area (Å²) in [6, 6.07) is 0. The minimum absolute atomic E-state index is 0.180. The van der Waals surface area contributed by atoms with Crippen LogP contribution in [0, 0.1) is 5.41 Å². The fourth-order valence-electron chi connectivity index (χ4n) is 2.97. The average Bonchev–Trinajstić information content (AvgIpc) is 2.30. The average molecular weight is 244 g/mol. The molecule has 0 aromatic rings. The molecule has 2 rings (SSSR count). The van der Waals surface area contributed by atoms with Crippen LogP contribution >= 0.6 is 11.8 Å². The Kier molecular flexibility index (Phi) is 3.84. The van der Waals surface area contributed by atoms with Gasteiger partial charge in [-0.1, -0.05) is 13.8 Å². The van der Waals surface area contributed by atoms with Gasteiger partial charge in [-0.15, -0.1) is 0 Å². The molecular formula is C12H24N2OS. The number of nitrogens with two attached hydrogens (primary N) is 1. The van der Waals surface area contributed by atoms with Gasteiger partial charge in [0.2, 0.25) is 0 Å². The zero-order valence-corrected chi connectivity index (χ0v) is 11.3. The van der Waals surface area contributed by atoms with E-state index in [0.29, 0.717) is 5.41 Å². The first-order valence-electron chi connectivity index (χ1n) is 6.23. The maximum absolute atomic E-state index is 6.15. The van der Waals surface area contributed by atoms with Crippen molar-refractivity contribution in [1.29, 1.82) is 0 Å². The third kappa shape index (κ3) is 2.01. The first-order chi connectivity index (χ1) is 7.62. The van der Waals surface area contributed by atoms with Gasteiger partial charge in [-0.05, 0) is 17.6 Å².